The third-order valence-electron chi connectivity index (χ3n) is 3.30. The van der Waals surface area contributed by atoms with Gasteiger partial charge >= 0.3 is 5.97 Å². The Labute approximate surface area is 145 Å². The second-order valence-corrected chi connectivity index (χ2v) is 5.17. The van der Waals surface area contributed by atoms with Crippen molar-refractivity contribution >= 4 is 5.97 Å². The Morgan fingerprint density at radius 3 is 2.36 bits per heavy atom. The second kappa shape index (κ2) is 8.75. The summed E-state index contributed by atoms with van der Waals surface area (Å²) in [5.41, 5.74) is 2.65. The Kier molecular flexibility index (Phi) is 7.33. The average Bonchev–Trinajstić information content (AvgIpc) is 2.52. The van der Waals surface area contributed by atoms with E-state index in [2.05, 4.69) is 0 Å². The fourth-order valence-corrected chi connectivity index (χ4v) is 2.15. The van der Waals surface area contributed by atoms with E-state index in [4.69, 9.17) is 9.47 Å². The van der Waals surface area contributed by atoms with Crippen LogP contribution in [0.2, 0.25) is 0 Å². The van der Waals surface area contributed by atoms with E-state index in [-0.39, 0.29) is 33.0 Å². The summed E-state index contributed by atoms with van der Waals surface area (Å²) in [7, 11) is 1.40. The molecule has 2 rings (SSSR count). The molecule has 0 saturated carbocycles. The summed E-state index contributed by atoms with van der Waals surface area (Å²) in [5.74, 6) is 0.669. The van der Waals surface area contributed by atoms with Crippen LogP contribution in [0.4, 0.5) is 0 Å². The maximum atomic E-state index is 11.8. The molecule has 4 heteroatoms. The summed E-state index contributed by atoms with van der Waals surface area (Å²) in [6.07, 6.45) is 0. The summed E-state index contributed by atoms with van der Waals surface area (Å²) < 4.78 is 10.6. The van der Waals surface area contributed by atoms with Gasteiger partial charge in [0.1, 0.15) is 12.4 Å². The fraction of sp³-hybridized carbons (Fsp3) is 0.278. The molecule has 0 fully saturated rings. The molecule has 0 atom stereocenters. The van der Waals surface area contributed by atoms with Gasteiger partial charge in [-0.1, -0.05) is 44.2 Å². The first kappa shape index (κ1) is 18.4. The van der Waals surface area contributed by atoms with Gasteiger partial charge in [-0.05, 0) is 35.2 Å². The van der Waals surface area contributed by atoms with E-state index in [1.54, 1.807) is 12.1 Å². The Morgan fingerprint density at radius 1 is 1.09 bits per heavy atom. The van der Waals surface area contributed by atoms with Crippen LogP contribution < -0.4 is 4.74 Å². The molecule has 2 aromatic rings. The van der Waals surface area contributed by atoms with E-state index in [1.165, 1.54) is 7.11 Å². The molecule has 120 valence electrons. The van der Waals surface area contributed by atoms with Gasteiger partial charge in [-0.25, -0.2) is 4.79 Å². The molecule has 22 heavy (non-hydrogen) atoms. The molecule has 0 spiro atoms. The molecular weight excluding hydrogens is 459 g/mol. The summed E-state index contributed by atoms with van der Waals surface area (Å²) in [6, 6.07) is 15.5. The minimum atomic E-state index is -0.312. The van der Waals surface area contributed by atoms with Crippen molar-refractivity contribution in [1.82, 2.24) is 0 Å². The number of hydrogen-bond donors (Lipinski definition) is 0. The first-order valence-electron chi connectivity index (χ1n) is 7.00. The van der Waals surface area contributed by atoms with Gasteiger partial charge in [-0.2, -0.15) is 0 Å². The van der Waals surface area contributed by atoms with Gasteiger partial charge in [0.25, 0.3) is 0 Å². The topological polar surface area (TPSA) is 35.5 Å². The molecule has 0 heterocycles. The first-order valence-corrected chi connectivity index (χ1v) is 7.00. The maximum absolute atomic E-state index is 11.8. The third-order valence-corrected chi connectivity index (χ3v) is 3.30. The van der Waals surface area contributed by atoms with Crippen LogP contribution in [0, 0.1) is 0 Å². The Bertz CT molecular complexity index is 609. The number of carbonyl (C=O) groups is 1. The molecule has 0 N–H and O–H groups in total. The van der Waals surface area contributed by atoms with Gasteiger partial charge in [0.2, 0.25) is 0 Å². The van der Waals surface area contributed by atoms with Crippen molar-refractivity contribution in [2.45, 2.75) is 26.4 Å². The number of ether oxygens (including phenoxy) is 2. The summed E-state index contributed by atoms with van der Waals surface area (Å²) in [4.78, 5) is 11.8. The van der Waals surface area contributed by atoms with Gasteiger partial charge in [-0.15, -0.1) is 0 Å². The number of methoxy groups -OCH3 is 1. The van der Waals surface area contributed by atoms with E-state index in [1.807, 2.05) is 50.2 Å². The standard InChI is InChI=1S/C18H20O3.Pt/c1-13(2)17-11-15(9-10-16(17)18(19)20-3)21-12-14-7-5-4-6-8-14;/h4-11,13H,12H2,1-3H3;. The molecule has 0 saturated heterocycles. The molecule has 0 unspecified atom stereocenters. The summed E-state index contributed by atoms with van der Waals surface area (Å²) >= 11 is 0. The quantitative estimate of drug-likeness (QED) is 0.604. The molecule has 0 aromatic heterocycles. The van der Waals surface area contributed by atoms with Gasteiger partial charge in [-0.3, -0.25) is 0 Å². The third kappa shape index (κ3) is 4.71. The predicted octanol–water partition coefficient (Wildman–Crippen LogP) is 4.17. The molecule has 0 bridgehead atoms. The normalized spacial score (nSPS) is 10.0. The van der Waals surface area contributed by atoms with Crippen molar-refractivity contribution in [2.24, 2.45) is 0 Å². The number of esters is 1. The van der Waals surface area contributed by atoms with Crippen molar-refractivity contribution in [3.05, 3.63) is 65.2 Å². The predicted molar refractivity (Wildman–Crippen MR) is 82.6 cm³/mol. The van der Waals surface area contributed by atoms with Crippen LogP contribution in [0.15, 0.2) is 48.5 Å². The molecule has 0 amide bonds. The second-order valence-electron chi connectivity index (χ2n) is 5.17. The van der Waals surface area contributed by atoms with Crippen LogP contribution in [0.1, 0.15) is 41.3 Å². The van der Waals surface area contributed by atoms with Crippen molar-refractivity contribution < 1.29 is 35.3 Å². The van der Waals surface area contributed by atoms with E-state index in [0.717, 1.165) is 16.9 Å². The fourth-order valence-electron chi connectivity index (χ4n) is 2.15. The molecule has 0 aliphatic carbocycles. The largest absolute Gasteiger partial charge is 0.489 e. The first-order chi connectivity index (χ1) is 10.1. The molecule has 3 nitrogen and oxygen atoms in total. The molecule has 0 radical (unpaired) electrons. The zero-order valence-electron chi connectivity index (χ0n) is 12.9. The Morgan fingerprint density at radius 2 is 1.77 bits per heavy atom. The van der Waals surface area contributed by atoms with Crippen LogP contribution in [-0.4, -0.2) is 13.1 Å². The van der Waals surface area contributed by atoms with Crippen LogP contribution in [-0.2, 0) is 32.4 Å². The van der Waals surface area contributed by atoms with E-state index >= 15 is 0 Å². The number of carbonyl (C=O) groups excluding carboxylic acids is 1. The van der Waals surface area contributed by atoms with Gasteiger partial charge < -0.3 is 9.47 Å². The number of hydrogen-bond acceptors (Lipinski definition) is 3. The average molecular weight is 479 g/mol. The zero-order valence-corrected chi connectivity index (χ0v) is 15.2. The van der Waals surface area contributed by atoms with E-state index in [0.29, 0.717) is 12.2 Å². The molecular formula is C18H20O3Pt. The Balaban J connectivity index is 0.00000242. The summed E-state index contributed by atoms with van der Waals surface area (Å²) in [6.45, 7) is 4.60. The zero-order chi connectivity index (χ0) is 15.2. The van der Waals surface area contributed by atoms with E-state index < -0.39 is 0 Å². The van der Waals surface area contributed by atoms with Crippen molar-refractivity contribution in [3.63, 3.8) is 0 Å². The molecule has 0 aliphatic rings. The van der Waals surface area contributed by atoms with Crippen molar-refractivity contribution in [3.8, 4) is 5.75 Å². The van der Waals surface area contributed by atoms with Crippen molar-refractivity contribution in [1.29, 1.82) is 0 Å². The number of rotatable bonds is 5. The summed E-state index contributed by atoms with van der Waals surface area (Å²) in [5, 5.41) is 0. The minimum absolute atomic E-state index is 0. The van der Waals surface area contributed by atoms with Crippen molar-refractivity contribution in [2.75, 3.05) is 7.11 Å². The monoisotopic (exact) mass is 479 g/mol. The SMILES string of the molecule is COC(=O)c1ccc(OCc2ccccc2)cc1C(C)C.[Pt]. The smallest absolute Gasteiger partial charge is 0.338 e. The Hall–Kier alpha value is -1.60. The van der Waals surface area contributed by atoms with Crippen LogP contribution in [0.5, 0.6) is 5.75 Å². The van der Waals surface area contributed by atoms with Crippen LogP contribution in [0.3, 0.4) is 0 Å². The minimum Gasteiger partial charge on any atom is -0.489 e. The molecule has 0 aliphatic heterocycles. The van der Waals surface area contributed by atoms with Gasteiger partial charge in [0.05, 0.1) is 12.7 Å². The van der Waals surface area contributed by atoms with Crippen LogP contribution >= 0.6 is 0 Å². The number of benzene rings is 2. The van der Waals surface area contributed by atoms with Crippen LogP contribution in [0.25, 0.3) is 0 Å². The van der Waals surface area contributed by atoms with E-state index in [9.17, 15) is 4.79 Å². The van der Waals surface area contributed by atoms with Gasteiger partial charge in [0, 0.05) is 21.1 Å². The molecule has 2 aromatic carbocycles. The maximum Gasteiger partial charge on any atom is 0.338 e. The van der Waals surface area contributed by atoms with Gasteiger partial charge in [0.15, 0.2) is 0 Å².